The van der Waals surface area contributed by atoms with E-state index in [-0.39, 0.29) is 6.42 Å². The Labute approximate surface area is 110 Å². The number of benzene rings is 1. The number of hydrogen-bond donors (Lipinski definition) is 3. The van der Waals surface area contributed by atoms with Crippen LogP contribution in [0.2, 0.25) is 0 Å². The van der Waals surface area contributed by atoms with Crippen LogP contribution in [0, 0.1) is 12.7 Å². The van der Waals surface area contributed by atoms with Crippen molar-refractivity contribution in [2.75, 3.05) is 5.32 Å². The largest absolute Gasteiger partial charge is 0.480 e. The van der Waals surface area contributed by atoms with Gasteiger partial charge >= 0.3 is 12.0 Å². The minimum atomic E-state index is -1.15. The van der Waals surface area contributed by atoms with E-state index in [2.05, 4.69) is 17.2 Å². The zero-order valence-electron chi connectivity index (χ0n) is 10.4. The number of carbonyl (C=O) groups excluding carboxylic acids is 1. The quantitative estimate of drug-likeness (QED) is 0.715. The van der Waals surface area contributed by atoms with Gasteiger partial charge in [0.1, 0.15) is 11.9 Å². The summed E-state index contributed by atoms with van der Waals surface area (Å²) in [7, 11) is 0. The van der Waals surface area contributed by atoms with Gasteiger partial charge in [-0.2, -0.15) is 0 Å². The van der Waals surface area contributed by atoms with E-state index >= 15 is 0 Å². The summed E-state index contributed by atoms with van der Waals surface area (Å²) in [5, 5.41) is 13.6. The molecule has 5 nitrogen and oxygen atoms in total. The number of carboxylic acids is 1. The molecule has 0 saturated carbocycles. The van der Waals surface area contributed by atoms with Gasteiger partial charge in [0.15, 0.2) is 0 Å². The maximum Gasteiger partial charge on any atom is 0.326 e. The highest BCUT2D eigenvalue weighted by Crippen LogP contribution is 2.15. The molecular formula is C13H15FN2O3. The number of rotatable bonds is 5. The summed E-state index contributed by atoms with van der Waals surface area (Å²) in [6.07, 6.45) is 1.52. The number of halogens is 1. The van der Waals surface area contributed by atoms with Gasteiger partial charge in [-0.05, 0) is 37.1 Å². The number of urea groups is 1. The molecule has 0 heterocycles. The molecule has 1 aromatic carbocycles. The lowest BCUT2D eigenvalue weighted by Gasteiger charge is -2.14. The predicted octanol–water partition coefficient (Wildman–Crippen LogP) is 2.28. The SMILES string of the molecule is C=CCC(NC(=O)Nc1ccc(F)cc1C)C(=O)O. The van der Waals surface area contributed by atoms with E-state index in [0.29, 0.717) is 11.3 Å². The summed E-state index contributed by atoms with van der Waals surface area (Å²) >= 11 is 0. The fraction of sp³-hybridized carbons (Fsp3) is 0.231. The minimum absolute atomic E-state index is 0.116. The molecule has 3 N–H and O–H groups in total. The van der Waals surface area contributed by atoms with Gasteiger partial charge in [-0.25, -0.2) is 14.0 Å². The lowest BCUT2D eigenvalue weighted by molar-refractivity contribution is -0.139. The number of anilines is 1. The van der Waals surface area contributed by atoms with E-state index in [1.807, 2.05) is 0 Å². The van der Waals surface area contributed by atoms with E-state index < -0.39 is 23.9 Å². The molecule has 1 atom stereocenters. The van der Waals surface area contributed by atoms with Crippen molar-refractivity contribution in [1.29, 1.82) is 0 Å². The van der Waals surface area contributed by atoms with Crippen molar-refractivity contribution in [1.82, 2.24) is 5.32 Å². The van der Waals surface area contributed by atoms with Crippen molar-refractivity contribution < 1.29 is 19.1 Å². The Morgan fingerprint density at radius 1 is 1.53 bits per heavy atom. The zero-order valence-corrected chi connectivity index (χ0v) is 10.4. The van der Waals surface area contributed by atoms with Gasteiger partial charge in [-0.1, -0.05) is 6.08 Å². The number of nitrogens with one attached hydrogen (secondary N) is 2. The number of hydrogen-bond acceptors (Lipinski definition) is 2. The highest BCUT2D eigenvalue weighted by molar-refractivity contribution is 5.92. The fourth-order valence-corrected chi connectivity index (χ4v) is 1.47. The van der Waals surface area contributed by atoms with E-state index in [9.17, 15) is 14.0 Å². The second-order valence-electron chi connectivity index (χ2n) is 3.97. The van der Waals surface area contributed by atoms with Crippen molar-refractivity contribution >= 4 is 17.7 Å². The van der Waals surface area contributed by atoms with Gasteiger partial charge in [0.2, 0.25) is 0 Å². The van der Waals surface area contributed by atoms with Gasteiger partial charge in [0, 0.05) is 5.69 Å². The first kappa shape index (κ1) is 14.7. The molecule has 0 aliphatic heterocycles. The van der Waals surface area contributed by atoms with E-state index in [0.717, 1.165) is 0 Å². The Balaban J connectivity index is 2.68. The van der Waals surface area contributed by atoms with E-state index in [1.54, 1.807) is 6.92 Å². The molecule has 0 aliphatic carbocycles. The van der Waals surface area contributed by atoms with Crippen molar-refractivity contribution in [3.05, 3.63) is 42.2 Å². The molecule has 0 aromatic heterocycles. The first-order valence-corrected chi connectivity index (χ1v) is 5.61. The number of amides is 2. The molecule has 0 saturated heterocycles. The van der Waals surface area contributed by atoms with Crippen LogP contribution in [0.4, 0.5) is 14.9 Å². The summed E-state index contributed by atoms with van der Waals surface area (Å²) in [5.41, 5.74) is 0.965. The lowest BCUT2D eigenvalue weighted by atomic mass is 10.2. The van der Waals surface area contributed by atoms with Crippen molar-refractivity contribution in [2.45, 2.75) is 19.4 Å². The van der Waals surface area contributed by atoms with Gasteiger partial charge in [-0.15, -0.1) is 6.58 Å². The lowest BCUT2D eigenvalue weighted by Crippen LogP contribution is -2.42. The number of carboxylic acid groups (broad SMARTS) is 1. The van der Waals surface area contributed by atoms with E-state index in [4.69, 9.17) is 5.11 Å². The van der Waals surface area contributed by atoms with Gasteiger partial charge in [0.25, 0.3) is 0 Å². The smallest absolute Gasteiger partial charge is 0.326 e. The number of aryl methyl sites for hydroxylation is 1. The molecule has 0 bridgehead atoms. The van der Waals surface area contributed by atoms with Gasteiger partial charge < -0.3 is 15.7 Å². The first-order chi connectivity index (χ1) is 8.93. The Hall–Kier alpha value is -2.37. The number of aliphatic carboxylic acids is 1. The molecule has 1 unspecified atom stereocenters. The van der Waals surface area contributed by atoms with Crippen LogP contribution in [0.3, 0.4) is 0 Å². The van der Waals surface area contributed by atoms with Crippen molar-refractivity contribution in [2.24, 2.45) is 0 Å². The predicted molar refractivity (Wildman–Crippen MR) is 69.5 cm³/mol. The first-order valence-electron chi connectivity index (χ1n) is 5.61. The van der Waals surface area contributed by atoms with Gasteiger partial charge in [-0.3, -0.25) is 0 Å². The normalized spacial score (nSPS) is 11.5. The van der Waals surface area contributed by atoms with Crippen molar-refractivity contribution in [3.8, 4) is 0 Å². The van der Waals surface area contributed by atoms with Crippen LogP contribution in [-0.4, -0.2) is 23.1 Å². The molecule has 2 amide bonds. The molecule has 0 aliphatic rings. The standard InChI is InChI=1S/C13H15FN2O3/c1-3-4-11(12(17)18)16-13(19)15-10-6-5-9(14)7-8(10)2/h3,5-7,11H,1,4H2,2H3,(H,17,18)(H2,15,16,19). The number of carbonyl (C=O) groups is 2. The molecular weight excluding hydrogens is 251 g/mol. The minimum Gasteiger partial charge on any atom is -0.480 e. The molecule has 0 fully saturated rings. The summed E-state index contributed by atoms with van der Waals surface area (Å²) < 4.78 is 12.9. The van der Waals surface area contributed by atoms with Crippen LogP contribution in [-0.2, 0) is 4.79 Å². The highest BCUT2D eigenvalue weighted by Gasteiger charge is 2.18. The van der Waals surface area contributed by atoms with Crippen LogP contribution in [0.1, 0.15) is 12.0 Å². The highest BCUT2D eigenvalue weighted by atomic mass is 19.1. The van der Waals surface area contributed by atoms with Crippen LogP contribution in [0.15, 0.2) is 30.9 Å². The second kappa shape index (κ2) is 6.53. The van der Waals surface area contributed by atoms with Crippen molar-refractivity contribution in [3.63, 3.8) is 0 Å². The maximum absolute atomic E-state index is 12.9. The summed E-state index contributed by atoms with van der Waals surface area (Å²) in [5.74, 6) is -1.55. The van der Waals surface area contributed by atoms with Crippen LogP contribution in [0.25, 0.3) is 0 Å². The third-order valence-corrected chi connectivity index (χ3v) is 2.44. The topological polar surface area (TPSA) is 78.4 Å². The average Bonchev–Trinajstić information content (AvgIpc) is 2.32. The average molecular weight is 266 g/mol. The summed E-state index contributed by atoms with van der Waals surface area (Å²) in [4.78, 5) is 22.5. The Morgan fingerprint density at radius 2 is 2.21 bits per heavy atom. The molecule has 1 aromatic rings. The molecule has 19 heavy (non-hydrogen) atoms. The van der Waals surface area contributed by atoms with Gasteiger partial charge in [0.05, 0.1) is 0 Å². The maximum atomic E-state index is 12.9. The third-order valence-electron chi connectivity index (χ3n) is 2.44. The molecule has 0 spiro atoms. The Morgan fingerprint density at radius 3 is 2.74 bits per heavy atom. The zero-order chi connectivity index (χ0) is 14.4. The third kappa shape index (κ3) is 4.42. The summed E-state index contributed by atoms with van der Waals surface area (Å²) in [6.45, 7) is 5.06. The van der Waals surface area contributed by atoms with E-state index in [1.165, 1.54) is 24.3 Å². The Bertz CT molecular complexity index is 503. The molecule has 0 radical (unpaired) electrons. The molecule has 6 heteroatoms. The summed E-state index contributed by atoms with van der Waals surface area (Å²) in [6, 6.07) is 2.19. The van der Waals surface area contributed by atoms with Crippen LogP contribution < -0.4 is 10.6 Å². The fourth-order valence-electron chi connectivity index (χ4n) is 1.47. The van der Waals surface area contributed by atoms with Crippen LogP contribution >= 0.6 is 0 Å². The Kier molecular flexibility index (Phi) is 5.05. The molecule has 1 rings (SSSR count). The second-order valence-corrected chi connectivity index (χ2v) is 3.97. The molecule has 102 valence electrons. The monoisotopic (exact) mass is 266 g/mol. The van der Waals surface area contributed by atoms with Crippen LogP contribution in [0.5, 0.6) is 0 Å².